The van der Waals surface area contributed by atoms with E-state index in [4.69, 9.17) is 23.8 Å². The largest absolute Gasteiger partial charge is 0.332 e. The lowest BCUT2D eigenvalue weighted by Crippen LogP contribution is -2.20. The van der Waals surface area contributed by atoms with Crippen molar-refractivity contribution in [3.63, 3.8) is 0 Å². The summed E-state index contributed by atoms with van der Waals surface area (Å²) in [6.45, 7) is 3.73. The molecule has 0 heterocycles. The molecule has 0 aromatic heterocycles. The van der Waals surface area contributed by atoms with Crippen LogP contribution < -0.4 is 10.6 Å². The van der Waals surface area contributed by atoms with E-state index in [0.29, 0.717) is 15.8 Å². The smallest absolute Gasteiger partial charge is 0.271 e. The molecule has 0 fully saturated rings. The first-order valence-corrected chi connectivity index (χ1v) is 7.25. The number of rotatable bonds is 3. The number of nitrogens with one attached hydrogen (secondary N) is 2. The van der Waals surface area contributed by atoms with Crippen molar-refractivity contribution in [3.05, 3.63) is 62.7 Å². The molecule has 2 aromatic carbocycles. The van der Waals surface area contributed by atoms with Gasteiger partial charge in [-0.15, -0.1) is 0 Å². The minimum atomic E-state index is -0.442. The highest BCUT2D eigenvalue weighted by atomic mass is 35.5. The number of nitrogens with zero attached hydrogens (tertiary/aromatic N) is 1. The Bertz CT molecular complexity index is 750. The van der Waals surface area contributed by atoms with Crippen LogP contribution in [0.2, 0.25) is 5.02 Å². The Kier molecular flexibility index (Phi) is 4.95. The van der Waals surface area contributed by atoms with Gasteiger partial charge in [0.2, 0.25) is 0 Å². The lowest BCUT2D eigenvalue weighted by atomic mass is 10.2. The van der Waals surface area contributed by atoms with Gasteiger partial charge < -0.3 is 10.6 Å². The molecule has 7 heteroatoms. The third kappa shape index (κ3) is 3.72. The molecule has 114 valence electrons. The fraction of sp³-hybridized carbons (Fsp3) is 0.133. The zero-order chi connectivity index (χ0) is 16.3. The minimum Gasteiger partial charge on any atom is -0.332 e. The first kappa shape index (κ1) is 16.2. The normalized spacial score (nSPS) is 10.1. The number of hydrogen-bond donors (Lipinski definition) is 2. The summed E-state index contributed by atoms with van der Waals surface area (Å²) in [4.78, 5) is 10.4. The minimum absolute atomic E-state index is 0.00911. The molecule has 0 saturated heterocycles. The zero-order valence-electron chi connectivity index (χ0n) is 12.0. The number of nitro benzene ring substituents is 1. The van der Waals surface area contributed by atoms with Crippen molar-refractivity contribution in [3.8, 4) is 0 Å². The van der Waals surface area contributed by atoms with E-state index in [1.807, 2.05) is 26.0 Å². The van der Waals surface area contributed by atoms with Gasteiger partial charge in [0.25, 0.3) is 5.69 Å². The predicted molar refractivity (Wildman–Crippen MR) is 93.9 cm³/mol. The van der Waals surface area contributed by atoms with Crippen LogP contribution in [-0.4, -0.2) is 10.0 Å². The van der Waals surface area contributed by atoms with Crippen molar-refractivity contribution in [2.75, 3.05) is 10.6 Å². The van der Waals surface area contributed by atoms with E-state index in [2.05, 4.69) is 10.6 Å². The maximum absolute atomic E-state index is 10.8. The lowest BCUT2D eigenvalue weighted by Gasteiger charge is -2.14. The molecule has 0 aliphatic heterocycles. The van der Waals surface area contributed by atoms with Crippen LogP contribution in [0, 0.1) is 24.0 Å². The molecular weight excluding hydrogens is 322 g/mol. The van der Waals surface area contributed by atoms with E-state index in [9.17, 15) is 10.1 Å². The van der Waals surface area contributed by atoms with Gasteiger partial charge in [0.05, 0.1) is 4.92 Å². The monoisotopic (exact) mass is 335 g/mol. The van der Waals surface area contributed by atoms with Crippen molar-refractivity contribution >= 4 is 46.0 Å². The van der Waals surface area contributed by atoms with Crippen molar-refractivity contribution in [1.29, 1.82) is 0 Å². The molecule has 0 amide bonds. The van der Waals surface area contributed by atoms with Gasteiger partial charge in [-0.2, -0.15) is 0 Å². The third-order valence-electron chi connectivity index (χ3n) is 3.20. The van der Waals surface area contributed by atoms with E-state index >= 15 is 0 Å². The Morgan fingerprint density at radius 2 is 1.86 bits per heavy atom. The SMILES string of the molecule is Cc1ccc([N+](=O)[O-])cc1NC(=S)Nc1cccc(Cl)c1C. The summed E-state index contributed by atoms with van der Waals surface area (Å²) in [6.07, 6.45) is 0. The van der Waals surface area contributed by atoms with Gasteiger partial charge in [0.15, 0.2) is 5.11 Å². The second kappa shape index (κ2) is 6.72. The van der Waals surface area contributed by atoms with Gasteiger partial charge in [-0.3, -0.25) is 10.1 Å². The second-order valence-electron chi connectivity index (χ2n) is 4.75. The number of benzene rings is 2. The summed E-state index contributed by atoms with van der Waals surface area (Å²) in [5.74, 6) is 0. The molecule has 0 radical (unpaired) electrons. The molecule has 0 aliphatic rings. The van der Waals surface area contributed by atoms with Crippen LogP contribution in [0.1, 0.15) is 11.1 Å². The fourth-order valence-corrected chi connectivity index (χ4v) is 2.27. The summed E-state index contributed by atoms with van der Waals surface area (Å²) in [6, 6.07) is 10.1. The van der Waals surface area contributed by atoms with Crippen molar-refractivity contribution < 1.29 is 4.92 Å². The van der Waals surface area contributed by atoms with Gasteiger partial charge in [-0.1, -0.05) is 23.7 Å². The third-order valence-corrected chi connectivity index (χ3v) is 3.81. The highest BCUT2D eigenvalue weighted by molar-refractivity contribution is 7.80. The molecule has 0 saturated carbocycles. The van der Waals surface area contributed by atoms with Crippen molar-refractivity contribution in [1.82, 2.24) is 0 Å². The predicted octanol–water partition coefficient (Wildman–Crippen LogP) is 4.67. The van der Waals surface area contributed by atoms with E-state index in [0.717, 1.165) is 16.8 Å². The Balaban J connectivity index is 2.17. The first-order valence-electron chi connectivity index (χ1n) is 6.46. The summed E-state index contributed by atoms with van der Waals surface area (Å²) in [5, 5.41) is 17.8. The maximum atomic E-state index is 10.8. The van der Waals surface area contributed by atoms with Gasteiger partial charge in [-0.05, 0) is 49.3 Å². The Morgan fingerprint density at radius 3 is 2.55 bits per heavy atom. The quantitative estimate of drug-likeness (QED) is 0.484. The molecule has 0 atom stereocenters. The summed E-state index contributed by atoms with van der Waals surface area (Å²) in [7, 11) is 0. The van der Waals surface area contributed by atoms with Crippen LogP contribution in [0.3, 0.4) is 0 Å². The standard InChI is InChI=1S/C15H14ClN3O2S/c1-9-6-7-11(19(20)21)8-14(9)18-15(22)17-13-5-3-4-12(16)10(13)2/h3-8H,1-2H3,(H2,17,18,22). The molecule has 22 heavy (non-hydrogen) atoms. The number of anilines is 2. The van der Waals surface area contributed by atoms with Crippen LogP contribution in [0.15, 0.2) is 36.4 Å². The van der Waals surface area contributed by atoms with Crippen LogP contribution in [-0.2, 0) is 0 Å². The number of non-ortho nitro benzene ring substituents is 1. The molecule has 2 aromatic rings. The van der Waals surface area contributed by atoms with Gasteiger partial charge >= 0.3 is 0 Å². The van der Waals surface area contributed by atoms with Crippen LogP contribution in [0.25, 0.3) is 0 Å². The number of hydrogen-bond acceptors (Lipinski definition) is 3. The Hall–Kier alpha value is -2.18. The average Bonchev–Trinajstić information content (AvgIpc) is 2.46. The molecule has 2 N–H and O–H groups in total. The summed E-state index contributed by atoms with van der Waals surface area (Å²) in [5.41, 5.74) is 3.12. The molecule has 0 aliphatic carbocycles. The van der Waals surface area contributed by atoms with Crippen molar-refractivity contribution in [2.45, 2.75) is 13.8 Å². The number of aryl methyl sites for hydroxylation is 1. The van der Waals surface area contributed by atoms with Crippen molar-refractivity contribution in [2.24, 2.45) is 0 Å². The fourth-order valence-electron chi connectivity index (χ4n) is 1.88. The Morgan fingerprint density at radius 1 is 1.18 bits per heavy atom. The van der Waals surface area contributed by atoms with Crippen LogP contribution in [0.5, 0.6) is 0 Å². The van der Waals surface area contributed by atoms with E-state index in [-0.39, 0.29) is 5.69 Å². The average molecular weight is 336 g/mol. The molecule has 0 spiro atoms. The highest BCUT2D eigenvalue weighted by Crippen LogP contribution is 2.24. The lowest BCUT2D eigenvalue weighted by molar-refractivity contribution is -0.384. The molecule has 0 unspecified atom stereocenters. The topological polar surface area (TPSA) is 67.2 Å². The van der Waals surface area contributed by atoms with E-state index in [1.54, 1.807) is 12.1 Å². The van der Waals surface area contributed by atoms with Gasteiger partial charge in [-0.25, -0.2) is 0 Å². The van der Waals surface area contributed by atoms with Gasteiger partial charge in [0.1, 0.15) is 0 Å². The molecule has 0 bridgehead atoms. The van der Waals surface area contributed by atoms with E-state index in [1.165, 1.54) is 12.1 Å². The van der Waals surface area contributed by atoms with E-state index < -0.39 is 4.92 Å². The number of nitro groups is 1. The number of halogens is 1. The second-order valence-corrected chi connectivity index (χ2v) is 5.56. The number of thiocarbonyl (C=S) groups is 1. The molecular formula is C15H14ClN3O2S. The maximum Gasteiger partial charge on any atom is 0.271 e. The highest BCUT2D eigenvalue weighted by Gasteiger charge is 2.10. The zero-order valence-corrected chi connectivity index (χ0v) is 13.6. The Labute approximate surface area is 138 Å². The molecule has 2 rings (SSSR count). The van der Waals surface area contributed by atoms with Gasteiger partial charge in [0, 0.05) is 28.5 Å². The first-order chi connectivity index (χ1) is 10.4. The van der Waals surface area contributed by atoms with Crippen LogP contribution in [0.4, 0.5) is 17.1 Å². The van der Waals surface area contributed by atoms with Crippen LogP contribution >= 0.6 is 23.8 Å². The summed E-state index contributed by atoms with van der Waals surface area (Å²) < 4.78 is 0. The summed E-state index contributed by atoms with van der Waals surface area (Å²) >= 11 is 11.3. The molecule has 5 nitrogen and oxygen atoms in total.